The number of hydrogen-bond acceptors (Lipinski definition) is 2. The van der Waals surface area contributed by atoms with E-state index in [1.165, 1.54) is 13.0 Å². The van der Waals surface area contributed by atoms with E-state index in [9.17, 15) is 0 Å². The van der Waals surface area contributed by atoms with Crippen molar-refractivity contribution in [1.29, 1.82) is 0 Å². The van der Waals surface area contributed by atoms with Gasteiger partial charge in [-0.15, -0.1) is 0 Å². The molecule has 0 aliphatic carbocycles. The summed E-state index contributed by atoms with van der Waals surface area (Å²) in [6.07, 6.45) is 1.35. The lowest BCUT2D eigenvalue weighted by molar-refractivity contribution is 0.435. The van der Waals surface area contributed by atoms with Gasteiger partial charge in [-0.05, 0) is 13.3 Å². The van der Waals surface area contributed by atoms with Crippen LogP contribution in [0.5, 0.6) is 0 Å². The minimum absolute atomic E-state index is 0.716. The number of piperazine rings is 1. The number of fused-ring (bicyclic) bond motifs is 2. The molecule has 0 aromatic carbocycles. The van der Waals surface area contributed by atoms with E-state index in [-0.39, 0.29) is 0 Å². The molecule has 2 aliphatic heterocycles. The van der Waals surface area contributed by atoms with Crippen LogP contribution in [0.4, 0.5) is 0 Å². The van der Waals surface area contributed by atoms with Gasteiger partial charge < -0.3 is 10.6 Å². The second kappa shape index (κ2) is 1.45. The fourth-order valence-electron chi connectivity index (χ4n) is 1.76. The highest BCUT2D eigenvalue weighted by atomic mass is 15.2. The van der Waals surface area contributed by atoms with Gasteiger partial charge in [-0.2, -0.15) is 0 Å². The Hall–Kier alpha value is -0.0800. The van der Waals surface area contributed by atoms with Gasteiger partial charge in [0.2, 0.25) is 0 Å². The summed E-state index contributed by atoms with van der Waals surface area (Å²) in [5.41, 5.74) is 0. The van der Waals surface area contributed by atoms with Gasteiger partial charge in [0.25, 0.3) is 0 Å². The first kappa shape index (κ1) is 4.77. The molecular formula is C6H12N2. The summed E-state index contributed by atoms with van der Waals surface area (Å²) in [5.74, 6) is 0. The zero-order chi connectivity index (χ0) is 5.56. The topological polar surface area (TPSA) is 24.1 Å². The van der Waals surface area contributed by atoms with E-state index >= 15 is 0 Å². The van der Waals surface area contributed by atoms with Crippen molar-refractivity contribution in [2.24, 2.45) is 0 Å². The summed E-state index contributed by atoms with van der Waals surface area (Å²) in [7, 11) is 0. The molecule has 2 rings (SSSR count). The summed E-state index contributed by atoms with van der Waals surface area (Å²) in [5, 5.41) is 6.93. The van der Waals surface area contributed by atoms with E-state index in [0.29, 0.717) is 6.04 Å². The highest BCUT2D eigenvalue weighted by Crippen LogP contribution is 2.17. The third kappa shape index (κ3) is 0.501. The van der Waals surface area contributed by atoms with E-state index in [4.69, 9.17) is 0 Å². The molecule has 0 saturated carbocycles. The van der Waals surface area contributed by atoms with Crippen LogP contribution in [0.15, 0.2) is 0 Å². The Kier molecular flexibility index (Phi) is 0.866. The Morgan fingerprint density at radius 2 is 2.38 bits per heavy atom. The first-order valence-corrected chi connectivity index (χ1v) is 3.36. The molecule has 2 fully saturated rings. The van der Waals surface area contributed by atoms with Crippen LogP contribution in [0.25, 0.3) is 0 Å². The highest BCUT2D eigenvalue weighted by Gasteiger charge is 2.35. The Morgan fingerprint density at radius 1 is 1.50 bits per heavy atom. The van der Waals surface area contributed by atoms with Crippen LogP contribution in [0.2, 0.25) is 0 Å². The third-order valence-electron chi connectivity index (χ3n) is 2.27. The molecule has 2 saturated heterocycles. The van der Waals surface area contributed by atoms with Gasteiger partial charge in [0.15, 0.2) is 0 Å². The lowest BCUT2D eigenvalue weighted by Gasteiger charge is -2.19. The lowest BCUT2D eigenvalue weighted by atomic mass is 10.2. The fourth-order valence-corrected chi connectivity index (χ4v) is 1.76. The van der Waals surface area contributed by atoms with Crippen molar-refractivity contribution in [2.45, 2.75) is 31.5 Å². The van der Waals surface area contributed by atoms with E-state index in [1.807, 2.05) is 0 Å². The van der Waals surface area contributed by atoms with E-state index in [1.54, 1.807) is 0 Å². The molecule has 0 aromatic heterocycles. The Bertz CT molecular complexity index is 101. The van der Waals surface area contributed by atoms with Gasteiger partial charge in [0.05, 0.1) is 0 Å². The van der Waals surface area contributed by atoms with Crippen LogP contribution >= 0.6 is 0 Å². The van der Waals surface area contributed by atoms with Crippen molar-refractivity contribution in [3.05, 3.63) is 0 Å². The average Bonchev–Trinajstić information content (AvgIpc) is 2.23. The molecule has 8 heavy (non-hydrogen) atoms. The summed E-state index contributed by atoms with van der Waals surface area (Å²) in [6.45, 7) is 3.44. The minimum atomic E-state index is 0.716. The summed E-state index contributed by atoms with van der Waals surface area (Å²) < 4.78 is 0. The monoisotopic (exact) mass is 112 g/mol. The minimum Gasteiger partial charge on any atom is -0.311 e. The molecule has 2 heteroatoms. The zero-order valence-corrected chi connectivity index (χ0v) is 5.15. The van der Waals surface area contributed by atoms with Crippen molar-refractivity contribution in [3.63, 3.8) is 0 Å². The van der Waals surface area contributed by atoms with E-state index in [0.717, 1.165) is 12.1 Å². The van der Waals surface area contributed by atoms with Crippen LogP contribution in [-0.2, 0) is 0 Å². The van der Waals surface area contributed by atoms with Gasteiger partial charge in [-0.25, -0.2) is 0 Å². The van der Waals surface area contributed by atoms with E-state index in [2.05, 4.69) is 17.6 Å². The summed E-state index contributed by atoms with van der Waals surface area (Å²) >= 11 is 0. The molecule has 3 atom stereocenters. The lowest BCUT2D eigenvalue weighted by Crippen LogP contribution is -2.46. The largest absolute Gasteiger partial charge is 0.311 e. The Morgan fingerprint density at radius 3 is 2.62 bits per heavy atom. The second-order valence-electron chi connectivity index (χ2n) is 2.90. The van der Waals surface area contributed by atoms with Crippen LogP contribution in [0.3, 0.4) is 0 Å². The molecule has 46 valence electrons. The number of rotatable bonds is 0. The van der Waals surface area contributed by atoms with Crippen LogP contribution < -0.4 is 10.6 Å². The molecular weight excluding hydrogens is 100 g/mol. The van der Waals surface area contributed by atoms with E-state index < -0.39 is 0 Å². The molecule has 0 radical (unpaired) electrons. The van der Waals surface area contributed by atoms with Gasteiger partial charge in [0, 0.05) is 24.7 Å². The molecule has 2 bridgehead atoms. The maximum atomic E-state index is 3.49. The molecule has 2 N–H and O–H groups in total. The van der Waals surface area contributed by atoms with Crippen LogP contribution in [-0.4, -0.2) is 24.7 Å². The molecule has 2 heterocycles. The highest BCUT2D eigenvalue weighted by molar-refractivity contribution is 4.99. The van der Waals surface area contributed by atoms with Crippen molar-refractivity contribution in [3.8, 4) is 0 Å². The summed E-state index contributed by atoms with van der Waals surface area (Å²) in [4.78, 5) is 0. The quantitative estimate of drug-likeness (QED) is 0.450. The SMILES string of the molecule is C[C@H]1N[C@H]2CN[C@@H]1C2. The maximum Gasteiger partial charge on any atom is 0.0234 e. The molecule has 2 nitrogen and oxygen atoms in total. The molecule has 0 aromatic rings. The van der Waals surface area contributed by atoms with Crippen molar-refractivity contribution >= 4 is 0 Å². The first-order chi connectivity index (χ1) is 3.86. The Labute approximate surface area is 49.7 Å². The predicted molar refractivity (Wildman–Crippen MR) is 32.8 cm³/mol. The fraction of sp³-hybridized carbons (Fsp3) is 1.00. The number of hydrogen-bond donors (Lipinski definition) is 2. The second-order valence-corrected chi connectivity index (χ2v) is 2.90. The smallest absolute Gasteiger partial charge is 0.0234 e. The molecule has 0 amide bonds. The molecule has 0 spiro atoms. The zero-order valence-electron chi connectivity index (χ0n) is 5.15. The van der Waals surface area contributed by atoms with Gasteiger partial charge >= 0.3 is 0 Å². The van der Waals surface area contributed by atoms with Crippen molar-refractivity contribution in [2.75, 3.05) is 6.54 Å². The normalized spacial score (nSPS) is 52.9. The van der Waals surface area contributed by atoms with Gasteiger partial charge in [-0.1, -0.05) is 0 Å². The van der Waals surface area contributed by atoms with Crippen LogP contribution in [0.1, 0.15) is 13.3 Å². The maximum absolute atomic E-state index is 3.49. The average molecular weight is 112 g/mol. The Balaban J connectivity index is 2.11. The summed E-state index contributed by atoms with van der Waals surface area (Å²) in [6, 6.07) is 2.28. The number of nitrogens with one attached hydrogen (secondary N) is 2. The van der Waals surface area contributed by atoms with Crippen LogP contribution in [0, 0.1) is 0 Å². The third-order valence-corrected chi connectivity index (χ3v) is 2.27. The van der Waals surface area contributed by atoms with Crippen molar-refractivity contribution < 1.29 is 0 Å². The standard InChI is InChI=1S/C6H12N2/c1-4-6-2-5(8-4)3-7-6/h4-8H,2-3H2,1H3/t4-,5-,6-/m1/s1. The predicted octanol–water partition coefficient (Wildman–Crippen LogP) is -0.291. The molecule has 0 unspecified atom stereocenters. The first-order valence-electron chi connectivity index (χ1n) is 3.36. The van der Waals surface area contributed by atoms with Gasteiger partial charge in [0.1, 0.15) is 0 Å². The van der Waals surface area contributed by atoms with Crippen molar-refractivity contribution in [1.82, 2.24) is 10.6 Å². The molecule has 2 aliphatic rings. The van der Waals surface area contributed by atoms with Gasteiger partial charge in [-0.3, -0.25) is 0 Å².